The molecule has 1 aromatic carbocycles. The highest BCUT2D eigenvalue weighted by Gasteiger charge is 2.19. The van der Waals surface area contributed by atoms with Crippen molar-refractivity contribution < 1.29 is 15.0 Å². The second kappa shape index (κ2) is 6.17. The zero-order valence-corrected chi connectivity index (χ0v) is 11.6. The summed E-state index contributed by atoms with van der Waals surface area (Å²) in [6.07, 6.45) is -0.596. The van der Waals surface area contributed by atoms with Crippen LogP contribution in [0.5, 0.6) is 0 Å². The van der Waals surface area contributed by atoms with Crippen molar-refractivity contribution in [3.8, 4) is 0 Å². The van der Waals surface area contributed by atoms with Gasteiger partial charge in [0.15, 0.2) is 0 Å². The number of carbonyl (C=O) groups excluding carboxylic acids is 1. The first kappa shape index (κ1) is 14.7. The summed E-state index contributed by atoms with van der Waals surface area (Å²) in [7, 11) is 0. The fraction of sp³-hybridized carbons (Fsp3) is 0.286. The minimum absolute atomic E-state index is 0.0185. The third-order valence-electron chi connectivity index (χ3n) is 2.98. The van der Waals surface area contributed by atoms with E-state index in [1.54, 1.807) is 30.5 Å². The Morgan fingerprint density at radius 2 is 2.15 bits per heavy atom. The van der Waals surface area contributed by atoms with Gasteiger partial charge in [0, 0.05) is 25.1 Å². The van der Waals surface area contributed by atoms with Crippen molar-refractivity contribution in [2.75, 3.05) is 6.54 Å². The van der Waals surface area contributed by atoms with Crippen LogP contribution in [-0.2, 0) is 4.79 Å². The molecule has 1 aromatic heterocycles. The molecule has 20 heavy (non-hydrogen) atoms. The minimum atomic E-state index is -1.11. The maximum absolute atomic E-state index is 10.8. The fourth-order valence-electron chi connectivity index (χ4n) is 1.90. The van der Waals surface area contributed by atoms with Gasteiger partial charge in [-0.25, -0.2) is 0 Å². The van der Waals surface area contributed by atoms with E-state index in [1.165, 1.54) is 6.92 Å². The highest BCUT2D eigenvalue weighted by atomic mass is 35.5. The summed E-state index contributed by atoms with van der Waals surface area (Å²) in [5, 5.41) is 23.6. The van der Waals surface area contributed by atoms with Gasteiger partial charge in [-0.15, -0.1) is 0 Å². The van der Waals surface area contributed by atoms with E-state index >= 15 is 0 Å². The van der Waals surface area contributed by atoms with Crippen LogP contribution in [0.15, 0.2) is 30.5 Å². The number of amides is 1. The van der Waals surface area contributed by atoms with Gasteiger partial charge in [0.2, 0.25) is 5.91 Å². The fourth-order valence-corrected chi connectivity index (χ4v) is 2.10. The Kier molecular flexibility index (Phi) is 4.54. The summed E-state index contributed by atoms with van der Waals surface area (Å²) >= 11 is 6.07. The number of rotatable bonds is 4. The molecule has 0 spiro atoms. The van der Waals surface area contributed by atoms with Gasteiger partial charge in [0.1, 0.15) is 12.2 Å². The standard InChI is InChI=1S/C14H15ClN2O3/c1-8(18)17-7-13(19)14(20)9-2-3-12-10(6-9)11(15)4-5-16-12/h2-6,13-14,19-20H,7H2,1H3,(H,17,18). The van der Waals surface area contributed by atoms with Crippen LogP contribution in [0.4, 0.5) is 0 Å². The number of fused-ring (bicyclic) bond motifs is 1. The van der Waals surface area contributed by atoms with E-state index in [1.807, 2.05) is 0 Å². The first-order valence-corrected chi connectivity index (χ1v) is 6.51. The summed E-state index contributed by atoms with van der Waals surface area (Å²) < 4.78 is 0. The van der Waals surface area contributed by atoms with Gasteiger partial charge >= 0.3 is 0 Å². The molecule has 3 N–H and O–H groups in total. The normalized spacial score (nSPS) is 14.0. The first-order valence-electron chi connectivity index (χ1n) is 6.14. The third kappa shape index (κ3) is 3.25. The van der Waals surface area contributed by atoms with Gasteiger partial charge in [-0.1, -0.05) is 17.7 Å². The Hall–Kier alpha value is -1.69. The molecule has 0 saturated heterocycles. The Labute approximate surface area is 121 Å². The van der Waals surface area contributed by atoms with E-state index in [9.17, 15) is 15.0 Å². The number of hydrogen-bond acceptors (Lipinski definition) is 4. The molecule has 0 bridgehead atoms. The van der Waals surface area contributed by atoms with Crippen molar-refractivity contribution in [1.29, 1.82) is 0 Å². The molecule has 106 valence electrons. The second-order valence-electron chi connectivity index (χ2n) is 4.52. The third-order valence-corrected chi connectivity index (χ3v) is 3.31. The van der Waals surface area contributed by atoms with Crippen molar-refractivity contribution in [2.45, 2.75) is 19.1 Å². The molecular weight excluding hydrogens is 280 g/mol. The number of pyridine rings is 1. The Bertz CT molecular complexity index is 633. The predicted octanol–water partition coefficient (Wildman–Crippen LogP) is 1.42. The van der Waals surface area contributed by atoms with E-state index < -0.39 is 12.2 Å². The number of nitrogens with zero attached hydrogens (tertiary/aromatic N) is 1. The summed E-state index contributed by atoms with van der Waals surface area (Å²) in [5.74, 6) is -0.262. The maximum atomic E-state index is 10.8. The molecule has 6 heteroatoms. The SMILES string of the molecule is CC(=O)NCC(O)C(O)c1ccc2nccc(Cl)c2c1. The summed E-state index contributed by atoms with van der Waals surface area (Å²) in [4.78, 5) is 15.0. The molecule has 0 radical (unpaired) electrons. The second-order valence-corrected chi connectivity index (χ2v) is 4.93. The minimum Gasteiger partial charge on any atom is -0.388 e. The number of benzene rings is 1. The highest BCUT2D eigenvalue weighted by molar-refractivity contribution is 6.35. The van der Waals surface area contributed by atoms with E-state index in [-0.39, 0.29) is 12.5 Å². The van der Waals surface area contributed by atoms with Crippen molar-refractivity contribution >= 4 is 28.4 Å². The molecule has 2 atom stereocenters. The summed E-state index contributed by atoms with van der Waals surface area (Å²) in [5.41, 5.74) is 1.23. The van der Waals surface area contributed by atoms with Crippen molar-refractivity contribution in [3.05, 3.63) is 41.0 Å². The zero-order chi connectivity index (χ0) is 14.7. The number of aliphatic hydroxyl groups excluding tert-OH is 2. The van der Waals surface area contributed by atoms with E-state index in [4.69, 9.17) is 11.6 Å². The van der Waals surface area contributed by atoms with Crippen LogP contribution in [0.2, 0.25) is 5.02 Å². The van der Waals surface area contributed by atoms with Gasteiger partial charge in [-0.3, -0.25) is 9.78 Å². The van der Waals surface area contributed by atoms with E-state index in [0.29, 0.717) is 21.5 Å². The number of halogens is 1. The average molecular weight is 295 g/mol. The zero-order valence-electron chi connectivity index (χ0n) is 10.9. The van der Waals surface area contributed by atoms with Gasteiger partial charge in [0.05, 0.1) is 10.5 Å². The van der Waals surface area contributed by atoms with Crippen LogP contribution in [0.3, 0.4) is 0 Å². The van der Waals surface area contributed by atoms with E-state index in [2.05, 4.69) is 10.3 Å². The van der Waals surface area contributed by atoms with Gasteiger partial charge in [0.25, 0.3) is 0 Å². The molecule has 0 saturated carbocycles. The number of carbonyl (C=O) groups is 1. The molecule has 0 aliphatic heterocycles. The van der Waals surface area contributed by atoms with E-state index in [0.717, 1.165) is 0 Å². The number of aromatic nitrogens is 1. The van der Waals surface area contributed by atoms with Gasteiger partial charge < -0.3 is 15.5 Å². The predicted molar refractivity (Wildman–Crippen MR) is 76.4 cm³/mol. The average Bonchev–Trinajstić information content (AvgIpc) is 2.44. The summed E-state index contributed by atoms with van der Waals surface area (Å²) in [6, 6.07) is 6.75. The molecule has 0 aliphatic carbocycles. The van der Waals surface area contributed by atoms with Crippen LogP contribution < -0.4 is 5.32 Å². The Morgan fingerprint density at radius 1 is 1.40 bits per heavy atom. The molecule has 1 amide bonds. The lowest BCUT2D eigenvalue weighted by Gasteiger charge is -2.18. The number of hydrogen-bond donors (Lipinski definition) is 3. The van der Waals surface area contributed by atoms with Crippen LogP contribution in [0.1, 0.15) is 18.6 Å². The number of nitrogens with one attached hydrogen (secondary N) is 1. The molecule has 2 rings (SSSR count). The van der Waals surface area contributed by atoms with Gasteiger partial charge in [-0.05, 0) is 23.8 Å². The quantitative estimate of drug-likeness (QED) is 0.796. The van der Waals surface area contributed by atoms with Crippen molar-refractivity contribution in [3.63, 3.8) is 0 Å². The van der Waals surface area contributed by atoms with Crippen LogP contribution in [-0.4, -0.2) is 33.8 Å². The van der Waals surface area contributed by atoms with Crippen molar-refractivity contribution in [2.24, 2.45) is 0 Å². The molecular formula is C14H15ClN2O3. The molecule has 5 nitrogen and oxygen atoms in total. The maximum Gasteiger partial charge on any atom is 0.216 e. The lowest BCUT2D eigenvalue weighted by Crippen LogP contribution is -2.34. The Morgan fingerprint density at radius 3 is 2.85 bits per heavy atom. The molecule has 0 aliphatic rings. The lowest BCUT2D eigenvalue weighted by molar-refractivity contribution is -0.119. The monoisotopic (exact) mass is 294 g/mol. The van der Waals surface area contributed by atoms with Crippen LogP contribution in [0, 0.1) is 0 Å². The highest BCUT2D eigenvalue weighted by Crippen LogP contribution is 2.26. The summed E-state index contributed by atoms with van der Waals surface area (Å²) in [6.45, 7) is 1.33. The molecule has 1 heterocycles. The van der Waals surface area contributed by atoms with Gasteiger partial charge in [-0.2, -0.15) is 0 Å². The van der Waals surface area contributed by atoms with Crippen LogP contribution >= 0.6 is 11.6 Å². The largest absolute Gasteiger partial charge is 0.388 e. The first-order chi connectivity index (χ1) is 9.49. The molecule has 2 aromatic rings. The molecule has 2 unspecified atom stereocenters. The Balaban J connectivity index is 2.23. The lowest BCUT2D eigenvalue weighted by atomic mass is 10.0. The topological polar surface area (TPSA) is 82.5 Å². The smallest absolute Gasteiger partial charge is 0.216 e. The van der Waals surface area contributed by atoms with Crippen molar-refractivity contribution in [1.82, 2.24) is 10.3 Å². The van der Waals surface area contributed by atoms with Crippen LogP contribution in [0.25, 0.3) is 10.9 Å². The number of aliphatic hydroxyl groups is 2. The molecule has 0 fully saturated rings.